The monoisotopic (exact) mass is 659 g/mol. The van der Waals surface area contributed by atoms with Gasteiger partial charge in [0.15, 0.2) is 0 Å². The van der Waals surface area contributed by atoms with Gasteiger partial charge < -0.3 is 37.2 Å². The van der Waals surface area contributed by atoms with Crippen molar-refractivity contribution in [3.8, 4) is 0 Å². The molecule has 0 fully saturated rings. The minimum absolute atomic E-state index is 0. The van der Waals surface area contributed by atoms with Crippen molar-refractivity contribution >= 4 is 23.8 Å². The normalized spacial score (nSPS) is 11.2. The van der Waals surface area contributed by atoms with Crippen molar-refractivity contribution < 1.29 is 54.0 Å². The van der Waals surface area contributed by atoms with Crippen molar-refractivity contribution in [2.45, 2.75) is 99.8 Å². The van der Waals surface area contributed by atoms with Crippen LogP contribution in [-0.2, 0) is 16.8 Å². The number of nitrogens with zero attached hydrogens (tertiary/aromatic N) is 3. The first-order valence-corrected chi connectivity index (χ1v) is 13.7. The molecule has 0 N–H and O–H groups in total. The Balaban J connectivity index is 0. The molecule has 0 amide bonds. The van der Waals surface area contributed by atoms with Crippen LogP contribution in [0.2, 0.25) is 0 Å². The summed E-state index contributed by atoms with van der Waals surface area (Å²) in [6.45, 7) is 24.3. The van der Waals surface area contributed by atoms with E-state index in [4.69, 9.17) is 15.0 Å². The summed E-state index contributed by atoms with van der Waals surface area (Å²) in [7, 11) is 0. The standard InChI is InChI=1S/C34H45N3.3ClH.Co/c1-20(2)29-14-25(10)15-30(21(3)4)33(29)35-18-27-12-24(9)13-28(37-27)19-36-34-31(22(5)6)16-26(11)17-32(34)23(7)8;;;;/h12-23H,1-11H3;3*1H;/q;;;;+3/p-3. The molecule has 0 saturated heterocycles. The van der Waals surface area contributed by atoms with Gasteiger partial charge in [0.2, 0.25) is 0 Å². The maximum atomic E-state index is 5.01. The van der Waals surface area contributed by atoms with Crippen molar-refractivity contribution in [3.05, 3.63) is 86.7 Å². The van der Waals surface area contributed by atoms with Gasteiger partial charge in [0, 0.05) is 0 Å². The maximum Gasteiger partial charge on any atom is 3.00 e. The zero-order valence-corrected chi connectivity index (χ0v) is 29.5. The van der Waals surface area contributed by atoms with E-state index in [2.05, 4.69) is 113 Å². The molecule has 3 aromatic rings. The number of aryl methyl sites for hydroxylation is 3. The van der Waals surface area contributed by atoms with Crippen LogP contribution >= 0.6 is 0 Å². The maximum absolute atomic E-state index is 5.01. The van der Waals surface area contributed by atoms with Crippen molar-refractivity contribution in [1.29, 1.82) is 0 Å². The smallest absolute Gasteiger partial charge is 1.00 e. The van der Waals surface area contributed by atoms with Gasteiger partial charge in [-0.05, 0) is 84.4 Å². The number of hydrogen-bond acceptors (Lipinski definition) is 3. The van der Waals surface area contributed by atoms with E-state index in [0.717, 1.165) is 28.3 Å². The minimum atomic E-state index is 0. The molecule has 0 aliphatic rings. The fraction of sp³-hybridized carbons (Fsp3) is 0.441. The predicted molar refractivity (Wildman–Crippen MR) is 162 cm³/mol. The number of aliphatic imine (C=N–C) groups is 2. The van der Waals surface area contributed by atoms with Gasteiger partial charge in [0.1, 0.15) is 0 Å². The van der Waals surface area contributed by atoms with Crippen LogP contribution in [0.4, 0.5) is 11.4 Å². The Morgan fingerprint density at radius 1 is 0.488 bits per heavy atom. The first kappa shape index (κ1) is 41.4. The SMILES string of the molecule is Cc1cc(C=Nc2c(C(C)C)cc(C)cc2C(C)C)nc(C=Nc2c(C(C)C)cc(C)cc2C(C)C)c1.[Cl-].[Cl-].[Cl-].[Co+3]. The van der Waals surface area contributed by atoms with Crippen LogP contribution in [0.1, 0.15) is 129 Å². The van der Waals surface area contributed by atoms with Gasteiger partial charge in [-0.1, -0.05) is 90.8 Å². The van der Waals surface area contributed by atoms with Gasteiger partial charge >= 0.3 is 16.8 Å². The summed E-state index contributed by atoms with van der Waals surface area (Å²) in [5, 5.41) is 0. The third-order valence-electron chi connectivity index (χ3n) is 6.78. The van der Waals surface area contributed by atoms with Crippen molar-refractivity contribution in [1.82, 2.24) is 4.98 Å². The fourth-order valence-corrected chi connectivity index (χ4v) is 4.85. The van der Waals surface area contributed by atoms with Crippen molar-refractivity contribution in [2.24, 2.45) is 9.98 Å². The van der Waals surface area contributed by atoms with E-state index in [1.807, 2.05) is 12.4 Å². The Kier molecular flexibility index (Phi) is 18.3. The third-order valence-corrected chi connectivity index (χ3v) is 6.78. The Bertz CT molecular complexity index is 1170. The molecule has 1 aromatic heterocycles. The van der Waals surface area contributed by atoms with E-state index in [1.54, 1.807) is 0 Å². The average molecular weight is 661 g/mol. The quantitative estimate of drug-likeness (QED) is 0.333. The molecule has 41 heavy (non-hydrogen) atoms. The van der Waals surface area contributed by atoms with Gasteiger partial charge in [-0.15, -0.1) is 0 Å². The number of halogens is 3. The van der Waals surface area contributed by atoms with E-state index < -0.39 is 0 Å². The van der Waals surface area contributed by atoms with Crippen molar-refractivity contribution in [3.63, 3.8) is 0 Å². The summed E-state index contributed by atoms with van der Waals surface area (Å²) >= 11 is 0. The molecule has 3 rings (SSSR count). The number of benzene rings is 2. The molecule has 226 valence electrons. The summed E-state index contributed by atoms with van der Waals surface area (Å²) in [5.74, 6) is 1.60. The van der Waals surface area contributed by atoms with Crippen LogP contribution < -0.4 is 37.2 Å². The second kappa shape index (κ2) is 18.1. The molecule has 3 nitrogen and oxygen atoms in total. The number of pyridine rings is 1. The molecule has 7 heteroatoms. The van der Waals surface area contributed by atoms with Crippen LogP contribution in [0.5, 0.6) is 0 Å². The summed E-state index contributed by atoms with van der Waals surface area (Å²) in [6, 6.07) is 13.3. The first-order valence-electron chi connectivity index (χ1n) is 13.7. The first-order chi connectivity index (χ1) is 17.4. The zero-order chi connectivity index (χ0) is 27.4. The largest absolute Gasteiger partial charge is 3.00 e. The summed E-state index contributed by atoms with van der Waals surface area (Å²) in [6.07, 6.45) is 3.83. The molecule has 0 bridgehead atoms. The Morgan fingerprint density at radius 2 is 0.732 bits per heavy atom. The van der Waals surface area contributed by atoms with E-state index in [-0.39, 0.29) is 54.0 Å². The molecular weight excluding hydrogens is 616 g/mol. The van der Waals surface area contributed by atoms with Gasteiger partial charge in [-0.2, -0.15) is 0 Å². The minimum Gasteiger partial charge on any atom is -1.00 e. The van der Waals surface area contributed by atoms with E-state index in [9.17, 15) is 0 Å². The molecule has 1 heterocycles. The third kappa shape index (κ3) is 10.8. The number of rotatable bonds is 8. The van der Waals surface area contributed by atoms with Crippen LogP contribution in [0, 0.1) is 20.8 Å². The van der Waals surface area contributed by atoms with Crippen LogP contribution in [0.15, 0.2) is 46.4 Å². The van der Waals surface area contributed by atoms with Crippen molar-refractivity contribution in [2.75, 3.05) is 0 Å². The van der Waals surface area contributed by atoms with E-state index in [0.29, 0.717) is 23.7 Å². The predicted octanol–water partition coefficient (Wildman–Crippen LogP) is 1.01. The Labute approximate surface area is 278 Å². The van der Waals surface area contributed by atoms with Gasteiger partial charge in [0.25, 0.3) is 0 Å². The van der Waals surface area contributed by atoms with Crippen LogP contribution in [0.3, 0.4) is 0 Å². The van der Waals surface area contributed by atoms with Crippen LogP contribution in [0.25, 0.3) is 0 Å². The molecular formula is C34H45Cl3CoN3. The molecule has 2 aromatic carbocycles. The number of aromatic nitrogens is 1. The molecule has 0 aliphatic carbocycles. The average Bonchev–Trinajstić information content (AvgIpc) is 2.80. The second-order valence-electron chi connectivity index (χ2n) is 11.7. The molecule has 0 atom stereocenters. The van der Waals surface area contributed by atoms with Gasteiger partial charge in [-0.3, -0.25) is 9.98 Å². The summed E-state index contributed by atoms with van der Waals surface area (Å²) in [4.78, 5) is 14.9. The fourth-order valence-electron chi connectivity index (χ4n) is 4.85. The Hall–Kier alpha value is -1.69. The topological polar surface area (TPSA) is 37.6 Å². The molecule has 0 radical (unpaired) electrons. The van der Waals surface area contributed by atoms with E-state index in [1.165, 1.54) is 33.4 Å². The van der Waals surface area contributed by atoms with Crippen LogP contribution in [-0.4, -0.2) is 17.4 Å². The molecule has 0 unspecified atom stereocenters. The zero-order valence-electron chi connectivity index (χ0n) is 26.2. The Morgan fingerprint density at radius 3 is 0.976 bits per heavy atom. The molecule has 0 saturated carbocycles. The molecule has 0 spiro atoms. The second-order valence-corrected chi connectivity index (χ2v) is 11.7. The summed E-state index contributed by atoms with van der Waals surface area (Å²) < 4.78 is 0. The molecule has 0 aliphatic heterocycles. The van der Waals surface area contributed by atoms with Gasteiger partial charge in [-0.25, -0.2) is 4.98 Å². The number of hydrogen-bond donors (Lipinski definition) is 0. The van der Waals surface area contributed by atoms with E-state index >= 15 is 0 Å². The van der Waals surface area contributed by atoms with Gasteiger partial charge in [0.05, 0.1) is 35.2 Å². The summed E-state index contributed by atoms with van der Waals surface area (Å²) in [5.41, 5.74) is 12.7.